The number of hydrogen-bond donors (Lipinski definition) is 0. The minimum atomic E-state index is -0.328. The fourth-order valence-electron chi connectivity index (χ4n) is 2.53. The first-order chi connectivity index (χ1) is 9.19. The molecule has 0 amide bonds. The van der Waals surface area contributed by atoms with Crippen LogP contribution in [-0.2, 0) is 9.31 Å². The van der Waals surface area contributed by atoms with Crippen molar-refractivity contribution in [3.63, 3.8) is 0 Å². The molecule has 3 heterocycles. The van der Waals surface area contributed by atoms with Gasteiger partial charge >= 0.3 is 7.12 Å². The molecule has 1 saturated heterocycles. The van der Waals surface area contributed by atoms with E-state index >= 15 is 0 Å². The molecular formula is C15H21BN2O2. The molecule has 2 aromatic rings. The van der Waals surface area contributed by atoms with Gasteiger partial charge in [0.15, 0.2) is 0 Å². The van der Waals surface area contributed by atoms with Gasteiger partial charge in [0.2, 0.25) is 0 Å². The molecule has 3 rings (SSSR count). The third-order valence-corrected chi connectivity index (χ3v) is 4.40. The zero-order valence-corrected chi connectivity index (χ0v) is 13.0. The second-order valence-corrected chi connectivity index (χ2v) is 6.66. The Labute approximate surface area is 120 Å². The van der Waals surface area contributed by atoms with E-state index < -0.39 is 0 Å². The number of imidazole rings is 1. The van der Waals surface area contributed by atoms with Crippen molar-refractivity contribution in [2.45, 2.75) is 52.7 Å². The largest absolute Gasteiger partial charge is 0.496 e. The van der Waals surface area contributed by atoms with Crippen molar-refractivity contribution in [3.05, 3.63) is 29.7 Å². The Morgan fingerprint density at radius 3 is 2.25 bits per heavy atom. The molecule has 0 atom stereocenters. The van der Waals surface area contributed by atoms with Crippen molar-refractivity contribution in [2.24, 2.45) is 0 Å². The maximum Gasteiger partial charge on any atom is 0.496 e. The molecule has 1 aliphatic heterocycles. The molecule has 0 radical (unpaired) electrons. The molecule has 2 aromatic heterocycles. The highest BCUT2D eigenvalue weighted by Gasteiger charge is 2.51. The molecule has 1 aliphatic rings. The molecule has 106 valence electrons. The second kappa shape index (κ2) is 4.09. The van der Waals surface area contributed by atoms with Crippen LogP contribution in [0.5, 0.6) is 0 Å². The van der Waals surface area contributed by atoms with Gasteiger partial charge in [-0.15, -0.1) is 0 Å². The van der Waals surface area contributed by atoms with Crippen molar-refractivity contribution < 1.29 is 9.31 Å². The maximum atomic E-state index is 6.10. The van der Waals surface area contributed by atoms with Gasteiger partial charge in [0.1, 0.15) is 5.65 Å². The van der Waals surface area contributed by atoms with Gasteiger partial charge in [-0.25, -0.2) is 4.98 Å². The average Bonchev–Trinajstić information content (AvgIpc) is 2.77. The first-order valence-corrected chi connectivity index (χ1v) is 7.01. The Balaban J connectivity index is 2.04. The number of fused-ring (bicyclic) bond motifs is 1. The fraction of sp³-hybridized carbons (Fsp3) is 0.533. The van der Waals surface area contributed by atoms with E-state index in [2.05, 4.69) is 45.7 Å². The zero-order valence-electron chi connectivity index (χ0n) is 13.0. The van der Waals surface area contributed by atoms with Gasteiger partial charge in [-0.1, -0.05) is 6.07 Å². The number of pyridine rings is 1. The van der Waals surface area contributed by atoms with Crippen LogP contribution in [-0.4, -0.2) is 27.7 Å². The number of aromatic nitrogens is 2. The third-order valence-electron chi connectivity index (χ3n) is 4.40. The molecule has 0 bridgehead atoms. The monoisotopic (exact) mass is 272 g/mol. The lowest BCUT2D eigenvalue weighted by Gasteiger charge is -2.32. The van der Waals surface area contributed by atoms with E-state index in [0.717, 1.165) is 22.4 Å². The second-order valence-electron chi connectivity index (χ2n) is 6.66. The average molecular weight is 272 g/mol. The van der Waals surface area contributed by atoms with Crippen LogP contribution in [0.25, 0.3) is 5.65 Å². The number of nitrogens with zero attached hydrogens (tertiary/aromatic N) is 2. The summed E-state index contributed by atoms with van der Waals surface area (Å²) in [4.78, 5) is 4.52. The van der Waals surface area contributed by atoms with Crippen LogP contribution in [0.3, 0.4) is 0 Å². The van der Waals surface area contributed by atoms with Crippen molar-refractivity contribution in [2.75, 3.05) is 0 Å². The highest BCUT2D eigenvalue weighted by molar-refractivity contribution is 6.62. The van der Waals surface area contributed by atoms with Crippen LogP contribution in [0.4, 0.5) is 0 Å². The Morgan fingerprint density at radius 2 is 1.65 bits per heavy atom. The number of rotatable bonds is 1. The van der Waals surface area contributed by atoms with Crippen LogP contribution < -0.4 is 5.46 Å². The van der Waals surface area contributed by atoms with E-state index in [0.29, 0.717) is 0 Å². The van der Waals surface area contributed by atoms with Gasteiger partial charge in [0, 0.05) is 12.4 Å². The van der Waals surface area contributed by atoms with E-state index in [1.807, 2.05) is 23.7 Å². The van der Waals surface area contributed by atoms with Crippen LogP contribution in [0.15, 0.2) is 18.5 Å². The summed E-state index contributed by atoms with van der Waals surface area (Å²) in [5.41, 5.74) is 3.54. The molecule has 4 nitrogen and oxygen atoms in total. The first kappa shape index (κ1) is 13.6. The molecule has 0 aromatic carbocycles. The van der Waals surface area contributed by atoms with Crippen molar-refractivity contribution in [1.29, 1.82) is 0 Å². The number of aryl methyl sites for hydroxylation is 2. The maximum absolute atomic E-state index is 6.10. The van der Waals surface area contributed by atoms with E-state index in [1.54, 1.807) is 0 Å². The Kier molecular flexibility index (Phi) is 2.79. The fourth-order valence-corrected chi connectivity index (χ4v) is 2.53. The van der Waals surface area contributed by atoms with Gasteiger partial charge in [-0.3, -0.25) is 0 Å². The zero-order chi connectivity index (χ0) is 14.7. The van der Waals surface area contributed by atoms with E-state index in [1.165, 1.54) is 0 Å². The van der Waals surface area contributed by atoms with Crippen LogP contribution in [0.1, 0.15) is 39.0 Å². The normalized spacial score (nSPS) is 20.8. The van der Waals surface area contributed by atoms with Gasteiger partial charge < -0.3 is 13.7 Å². The topological polar surface area (TPSA) is 35.8 Å². The van der Waals surface area contributed by atoms with Gasteiger partial charge in [0.05, 0.1) is 16.9 Å². The smallest absolute Gasteiger partial charge is 0.399 e. The first-order valence-electron chi connectivity index (χ1n) is 7.01. The van der Waals surface area contributed by atoms with Crippen LogP contribution >= 0.6 is 0 Å². The van der Waals surface area contributed by atoms with E-state index in [-0.39, 0.29) is 18.3 Å². The summed E-state index contributed by atoms with van der Waals surface area (Å²) >= 11 is 0. The molecule has 20 heavy (non-hydrogen) atoms. The summed E-state index contributed by atoms with van der Waals surface area (Å²) < 4.78 is 14.3. The highest BCUT2D eigenvalue weighted by Crippen LogP contribution is 2.36. The predicted molar refractivity (Wildman–Crippen MR) is 80.4 cm³/mol. The van der Waals surface area contributed by atoms with E-state index in [4.69, 9.17) is 9.31 Å². The molecule has 0 saturated carbocycles. The molecule has 0 N–H and O–H groups in total. The minimum absolute atomic E-state index is 0.314. The summed E-state index contributed by atoms with van der Waals surface area (Å²) in [6.07, 6.45) is 4.07. The van der Waals surface area contributed by atoms with E-state index in [9.17, 15) is 0 Å². The predicted octanol–water partition coefficient (Wildman–Crippen LogP) is 2.25. The number of hydrogen-bond acceptors (Lipinski definition) is 3. The molecule has 0 spiro atoms. The van der Waals surface area contributed by atoms with Crippen LogP contribution in [0, 0.1) is 13.8 Å². The molecule has 0 unspecified atom stereocenters. The summed E-state index contributed by atoms with van der Waals surface area (Å²) in [6, 6.07) is 2.10. The molecular weight excluding hydrogens is 251 g/mol. The van der Waals surface area contributed by atoms with Gasteiger partial charge in [0.25, 0.3) is 0 Å². The lowest BCUT2D eigenvalue weighted by atomic mass is 9.80. The quantitative estimate of drug-likeness (QED) is 0.747. The third kappa shape index (κ3) is 1.96. The minimum Gasteiger partial charge on any atom is -0.399 e. The SMILES string of the molecule is Cc1cn2cc(B3OC(C)(C)C(C)(C)O3)cc(C)c2n1. The van der Waals surface area contributed by atoms with Gasteiger partial charge in [-0.05, 0) is 52.6 Å². The molecule has 0 aliphatic carbocycles. The van der Waals surface area contributed by atoms with Gasteiger partial charge in [-0.2, -0.15) is 0 Å². The van der Waals surface area contributed by atoms with Crippen molar-refractivity contribution in [1.82, 2.24) is 9.38 Å². The molecule has 5 heteroatoms. The van der Waals surface area contributed by atoms with Crippen LogP contribution in [0.2, 0.25) is 0 Å². The highest BCUT2D eigenvalue weighted by atomic mass is 16.7. The summed E-state index contributed by atoms with van der Waals surface area (Å²) in [5.74, 6) is 0. The summed E-state index contributed by atoms with van der Waals surface area (Å²) in [6.45, 7) is 12.3. The Hall–Kier alpha value is -1.33. The summed E-state index contributed by atoms with van der Waals surface area (Å²) in [7, 11) is -0.328. The Morgan fingerprint density at radius 1 is 1.05 bits per heavy atom. The molecule has 1 fully saturated rings. The van der Waals surface area contributed by atoms with Crippen molar-refractivity contribution in [3.8, 4) is 0 Å². The van der Waals surface area contributed by atoms with Crippen molar-refractivity contribution >= 4 is 18.2 Å². The lowest BCUT2D eigenvalue weighted by Crippen LogP contribution is -2.41. The lowest BCUT2D eigenvalue weighted by molar-refractivity contribution is 0.00578. The summed E-state index contributed by atoms with van der Waals surface area (Å²) in [5, 5.41) is 0. The Bertz CT molecular complexity index is 660. The standard InChI is InChI=1S/C15H21BN2O2/c1-10-7-12(9-18-8-11(2)17-13(10)18)16-19-14(3,4)15(5,6)20-16/h7-9H,1-6H3.